The molecule has 0 unspecified atom stereocenters. The zero-order valence-electron chi connectivity index (χ0n) is 37.1. The Balaban J connectivity index is 1.38. The van der Waals surface area contributed by atoms with Gasteiger partial charge in [-0.15, -0.1) is 0 Å². The van der Waals surface area contributed by atoms with Crippen LogP contribution in [-0.4, -0.2) is 15.0 Å². The third-order valence-corrected chi connectivity index (χ3v) is 7.46. The van der Waals surface area contributed by atoms with Gasteiger partial charge in [0.15, 0.2) is 17.5 Å². The van der Waals surface area contributed by atoms with Crippen LogP contribution in [-0.2, 0) is 0 Å². The first-order chi connectivity index (χ1) is 28.1. The van der Waals surface area contributed by atoms with Gasteiger partial charge >= 0.3 is 0 Å². The first-order valence-corrected chi connectivity index (χ1v) is 13.9. The number of para-hydroxylation sites is 1. The molecule has 0 atom stereocenters. The quantitative estimate of drug-likeness (QED) is 0.205. The molecule has 0 saturated heterocycles. The Labute approximate surface area is 279 Å². The second-order valence-corrected chi connectivity index (χ2v) is 10.2. The number of hydrogen-bond donors (Lipinski definition) is 0. The Morgan fingerprint density at radius 1 is 0.444 bits per heavy atom. The van der Waals surface area contributed by atoms with Crippen molar-refractivity contribution >= 4 is 43.5 Å². The predicted molar refractivity (Wildman–Crippen MR) is 184 cm³/mol. The molecule has 2 aromatic heterocycles. The third kappa shape index (κ3) is 4.43. The average Bonchev–Trinajstić information content (AvgIpc) is 3.59. The minimum atomic E-state index is -0.523. The van der Waals surface area contributed by atoms with Gasteiger partial charge in [0.1, 0.15) is 11.2 Å². The van der Waals surface area contributed by atoms with E-state index in [0.717, 1.165) is 16.8 Å². The SMILES string of the molecule is [2H]c1cc2c([2H])c([2H])c(-c3nc(-c4c([2H])c([2H])c(-c5ccc6ccccc6c5)c([2H])c4[2H])nc(-c4c([2H])cc([2H])c5oc6c([2H])c([2H])c([2H])cc6c45)n3)cc2c([2H])c1[2H]. The molecule has 2 heterocycles. The Hall–Kier alpha value is -6.13. The number of aromatic nitrogens is 3. The second kappa shape index (κ2) is 10.2. The van der Waals surface area contributed by atoms with Gasteiger partial charge in [0, 0.05) is 27.5 Å². The fraction of sp³-hybridized carbons (Fsp3) is 0. The molecular weight excluding hydrogens is 550 g/mol. The molecule has 4 nitrogen and oxygen atoms in total. The summed E-state index contributed by atoms with van der Waals surface area (Å²) in [5, 5.41) is 1.96. The van der Waals surface area contributed by atoms with Crippen LogP contribution in [0.4, 0.5) is 0 Å². The zero-order valence-corrected chi connectivity index (χ0v) is 23.1. The maximum Gasteiger partial charge on any atom is 0.164 e. The lowest BCUT2D eigenvalue weighted by atomic mass is 10.00. The Kier molecular flexibility index (Phi) is 3.43. The standard InChI is InChI=1S/C41H25N3O/c1-3-10-30-24-32(22-18-26(30)8-1)28-16-20-29(21-17-28)39-42-40(33-23-19-27-9-2-4-11-31(27)25-33)44-41(43-39)35-13-7-15-37-38(35)34-12-5-6-14-36(34)45-37/h1-25H/i2D,4D,5D,6D,11D,13D,14D,15D,16D,17D,19D,20D,21D,23D. The van der Waals surface area contributed by atoms with E-state index in [1.54, 1.807) is 12.1 Å². The van der Waals surface area contributed by atoms with Crippen molar-refractivity contribution in [2.45, 2.75) is 0 Å². The summed E-state index contributed by atoms with van der Waals surface area (Å²) in [6.45, 7) is 0. The first-order valence-electron chi connectivity index (χ1n) is 20.9. The number of fused-ring (bicyclic) bond motifs is 5. The molecule has 0 bridgehead atoms. The molecule has 0 amide bonds. The van der Waals surface area contributed by atoms with Gasteiger partial charge < -0.3 is 4.42 Å². The summed E-state index contributed by atoms with van der Waals surface area (Å²) in [6, 6.07) is 12.1. The summed E-state index contributed by atoms with van der Waals surface area (Å²) in [7, 11) is 0. The molecule has 9 aromatic rings. The summed E-state index contributed by atoms with van der Waals surface area (Å²) in [5.41, 5.74) is -0.426. The van der Waals surface area contributed by atoms with E-state index in [1.807, 2.05) is 30.3 Å². The van der Waals surface area contributed by atoms with Crippen LogP contribution in [0.5, 0.6) is 0 Å². The van der Waals surface area contributed by atoms with Gasteiger partial charge in [-0.3, -0.25) is 0 Å². The summed E-state index contributed by atoms with van der Waals surface area (Å²) < 4.78 is 128. The average molecular weight is 590 g/mol. The van der Waals surface area contributed by atoms with Crippen molar-refractivity contribution < 1.29 is 23.6 Å². The number of hydrogen-bond acceptors (Lipinski definition) is 4. The van der Waals surface area contributed by atoms with Crippen LogP contribution < -0.4 is 0 Å². The van der Waals surface area contributed by atoms with Gasteiger partial charge in [-0.1, -0.05) is 127 Å². The molecule has 0 aliphatic heterocycles. The Morgan fingerprint density at radius 3 is 2.09 bits per heavy atom. The molecule has 0 aliphatic rings. The van der Waals surface area contributed by atoms with Crippen molar-refractivity contribution in [3.05, 3.63) is 151 Å². The minimum Gasteiger partial charge on any atom is -0.456 e. The topological polar surface area (TPSA) is 51.8 Å². The van der Waals surface area contributed by atoms with Crippen LogP contribution in [0.2, 0.25) is 0 Å². The molecule has 0 spiro atoms. The largest absolute Gasteiger partial charge is 0.456 e. The Bertz CT molecular complexity index is 3320. The van der Waals surface area contributed by atoms with Crippen molar-refractivity contribution in [1.29, 1.82) is 0 Å². The molecule has 210 valence electrons. The highest BCUT2D eigenvalue weighted by Crippen LogP contribution is 2.37. The van der Waals surface area contributed by atoms with Crippen LogP contribution in [0.25, 0.3) is 88.8 Å². The van der Waals surface area contributed by atoms with Crippen LogP contribution in [0, 0.1) is 0 Å². The number of furan rings is 1. The Morgan fingerprint density at radius 2 is 1.18 bits per heavy atom. The number of rotatable bonds is 4. The molecule has 0 N–H and O–H groups in total. The molecule has 0 saturated carbocycles. The third-order valence-electron chi connectivity index (χ3n) is 7.46. The lowest BCUT2D eigenvalue weighted by Gasteiger charge is -2.10. The van der Waals surface area contributed by atoms with E-state index in [1.165, 1.54) is 18.2 Å². The van der Waals surface area contributed by atoms with Crippen LogP contribution in [0.15, 0.2) is 156 Å². The van der Waals surface area contributed by atoms with E-state index in [4.69, 9.17) is 20.9 Å². The van der Waals surface area contributed by atoms with Crippen molar-refractivity contribution in [3.63, 3.8) is 0 Å². The summed E-state index contributed by atoms with van der Waals surface area (Å²) in [6.07, 6.45) is 0. The minimum absolute atomic E-state index is 0.0194. The monoisotopic (exact) mass is 589 g/mol. The van der Waals surface area contributed by atoms with Crippen molar-refractivity contribution in [2.24, 2.45) is 0 Å². The number of benzene rings is 7. The second-order valence-electron chi connectivity index (χ2n) is 10.2. The van der Waals surface area contributed by atoms with E-state index in [-0.39, 0.29) is 90.8 Å². The fourth-order valence-corrected chi connectivity index (χ4v) is 5.29. The fourth-order valence-electron chi connectivity index (χ4n) is 5.29. The van der Waals surface area contributed by atoms with Crippen molar-refractivity contribution in [2.75, 3.05) is 0 Å². The van der Waals surface area contributed by atoms with E-state index >= 15 is 0 Å². The van der Waals surface area contributed by atoms with E-state index in [0.29, 0.717) is 5.56 Å². The molecule has 9 rings (SSSR count). The van der Waals surface area contributed by atoms with Gasteiger partial charge in [-0.2, -0.15) is 0 Å². The van der Waals surface area contributed by atoms with Crippen molar-refractivity contribution in [3.8, 4) is 45.3 Å². The van der Waals surface area contributed by atoms with E-state index in [2.05, 4.69) is 15.0 Å². The predicted octanol–water partition coefficient (Wildman–Crippen LogP) is 10.7. The maximum absolute atomic E-state index is 9.22. The van der Waals surface area contributed by atoms with Gasteiger partial charge in [0.05, 0.1) is 19.2 Å². The molecule has 7 aromatic carbocycles. The number of nitrogens with zero attached hydrogens (tertiary/aromatic N) is 3. The van der Waals surface area contributed by atoms with Gasteiger partial charge in [0.2, 0.25) is 0 Å². The molecular formula is C41H25N3O. The van der Waals surface area contributed by atoms with E-state index in [9.17, 15) is 2.74 Å². The summed E-state index contributed by atoms with van der Waals surface area (Å²) in [5.74, 6) is -1.09. The first kappa shape index (κ1) is 15.0. The van der Waals surface area contributed by atoms with Crippen LogP contribution in [0.3, 0.4) is 0 Å². The van der Waals surface area contributed by atoms with Gasteiger partial charge in [-0.25, -0.2) is 15.0 Å². The van der Waals surface area contributed by atoms with E-state index < -0.39 is 66.2 Å². The molecule has 0 radical (unpaired) electrons. The van der Waals surface area contributed by atoms with Gasteiger partial charge in [-0.05, 0) is 56.9 Å². The molecule has 45 heavy (non-hydrogen) atoms. The van der Waals surface area contributed by atoms with Gasteiger partial charge in [0.25, 0.3) is 0 Å². The van der Waals surface area contributed by atoms with Crippen LogP contribution >= 0.6 is 0 Å². The summed E-state index contributed by atoms with van der Waals surface area (Å²) >= 11 is 0. The summed E-state index contributed by atoms with van der Waals surface area (Å²) in [4.78, 5) is 13.8. The molecule has 4 heteroatoms. The lowest BCUT2D eigenvalue weighted by molar-refractivity contribution is 0.669. The molecule has 0 aliphatic carbocycles. The normalized spacial score (nSPS) is 15.9. The highest BCUT2D eigenvalue weighted by molar-refractivity contribution is 6.11. The smallest absolute Gasteiger partial charge is 0.164 e. The highest BCUT2D eigenvalue weighted by Gasteiger charge is 2.18. The zero-order chi connectivity index (χ0) is 41.9. The van der Waals surface area contributed by atoms with Crippen LogP contribution in [0.1, 0.15) is 19.2 Å². The van der Waals surface area contributed by atoms with Crippen molar-refractivity contribution in [1.82, 2.24) is 15.0 Å². The highest BCUT2D eigenvalue weighted by atomic mass is 16.3. The maximum atomic E-state index is 9.22. The lowest BCUT2D eigenvalue weighted by Crippen LogP contribution is -2.00. The molecule has 0 fully saturated rings.